The summed E-state index contributed by atoms with van der Waals surface area (Å²) < 4.78 is 0. The second-order valence-electron chi connectivity index (χ2n) is 4.87. The molecule has 1 aliphatic rings. The molecule has 16 heavy (non-hydrogen) atoms. The summed E-state index contributed by atoms with van der Waals surface area (Å²) in [7, 11) is 0. The predicted molar refractivity (Wildman–Crippen MR) is 65.5 cm³/mol. The van der Waals surface area contributed by atoms with Crippen molar-refractivity contribution >= 4 is 5.97 Å². The van der Waals surface area contributed by atoms with Crippen LogP contribution in [0.3, 0.4) is 0 Å². The van der Waals surface area contributed by atoms with E-state index in [0.717, 1.165) is 12.5 Å². The maximum atomic E-state index is 10.6. The molecule has 1 saturated carbocycles. The standard InChI is InChI=1S/C13H25NO2/c1-3-11-6-5-7-12(10-11)14(4-2)9-8-13(15)16/h11-12H,3-10H2,1-2H3,(H,15,16). The van der Waals surface area contributed by atoms with Crippen LogP contribution in [0.4, 0.5) is 0 Å². The number of carboxylic acid groups (broad SMARTS) is 1. The van der Waals surface area contributed by atoms with Gasteiger partial charge in [0.25, 0.3) is 0 Å². The molecule has 1 aliphatic carbocycles. The minimum absolute atomic E-state index is 0.279. The third kappa shape index (κ3) is 4.12. The van der Waals surface area contributed by atoms with E-state index in [1.54, 1.807) is 0 Å². The summed E-state index contributed by atoms with van der Waals surface area (Å²) in [5.41, 5.74) is 0. The first-order valence-electron chi connectivity index (χ1n) is 6.63. The van der Waals surface area contributed by atoms with E-state index in [9.17, 15) is 4.79 Å². The van der Waals surface area contributed by atoms with Crippen molar-refractivity contribution in [3.05, 3.63) is 0 Å². The first kappa shape index (κ1) is 13.5. The number of hydrogen-bond acceptors (Lipinski definition) is 2. The molecule has 0 aromatic rings. The van der Waals surface area contributed by atoms with Gasteiger partial charge in [-0.15, -0.1) is 0 Å². The molecule has 0 aromatic heterocycles. The highest BCUT2D eigenvalue weighted by Gasteiger charge is 2.25. The Bertz CT molecular complexity index is 218. The van der Waals surface area contributed by atoms with Gasteiger partial charge in [0.15, 0.2) is 0 Å². The van der Waals surface area contributed by atoms with E-state index in [0.29, 0.717) is 12.6 Å². The largest absolute Gasteiger partial charge is 0.481 e. The first-order chi connectivity index (χ1) is 7.67. The van der Waals surface area contributed by atoms with Crippen LogP contribution in [0.25, 0.3) is 0 Å². The summed E-state index contributed by atoms with van der Waals surface area (Å²) in [6.45, 7) is 6.10. The van der Waals surface area contributed by atoms with E-state index in [-0.39, 0.29) is 6.42 Å². The van der Waals surface area contributed by atoms with Crippen LogP contribution >= 0.6 is 0 Å². The molecule has 0 saturated heterocycles. The lowest BCUT2D eigenvalue weighted by Crippen LogP contribution is -2.39. The minimum Gasteiger partial charge on any atom is -0.481 e. The van der Waals surface area contributed by atoms with Crippen molar-refractivity contribution in [2.45, 2.75) is 58.4 Å². The van der Waals surface area contributed by atoms with Crippen molar-refractivity contribution in [2.75, 3.05) is 13.1 Å². The Morgan fingerprint density at radius 2 is 2.12 bits per heavy atom. The van der Waals surface area contributed by atoms with E-state index < -0.39 is 5.97 Å². The van der Waals surface area contributed by atoms with Gasteiger partial charge in [-0.25, -0.2) is 0 Å². The molecule has 0 radical (unpaired) electrons. The molecule has 0 bridgehead atoms. The number of rotatable bonds is 6. The van der Waals surface area contributed by atoms with Crippen LogP contribution in [0, 0.1) is 5.92 Å². The highest BCUT2D eigenvalue weighted by molar-refractivity contribution is 5.66. The summed E-state index contributed by atoms with van der Waals surface area (Å²) in [4.78, 5) is 13.0. The van der Waals surface area contributed by atoms with Crippen molar-refractivity contribution in [3.8, 4) is 0 Å². The van der Waals surface area contributed by atoms with E-state index in [1.807, 2.05) is 0 Å². The van der Waals surface area contributed by atoms with Crippen molar-refractivity contribution < 1.29 is 9.90 Å². The summed E-state index contributed by atoms with van der Waals surface area (Å²) in [5.74, 6) is 0.180. The van der Waals surface area contributed by atoms with Gasteiger partial charge in [-0.05, 0) is 25.3 Å². The van der Waals surface area contributed by atoms with Gasteiger partial charge in [-0.3, -0.25) is 4.79 Å². The lowest BCUT2D eigenvalue weighted by Gasteiger charge is -2.36. The average molecular weight is 227 g/mol. The monoisotopic (exact) mass is 227 g/mol. The van der Waals surface area contributed by atoms with E-state index in [4.69, 9.17) is 5.11 Å². The molecule has 0 heterocycles. The Morgan fingerprint density at radius 3 is 2.69 bits per heavy atom. The zero-order valence-electron chi connectivity index (χ0n) is 10.6. The van der Waals surface area contributed by atoms with Gasteiger partial charge in [0.1, 0.15) is 0 Å². The fourth-order valence-corrected chi connectivity index (χ4v) is 2.80. The van der Waals surface area contributed by atoms with E-state index in [2.05, 4.69) is 18.7 Å². The maximum absolute atomic E-state index is 10.6. The normalized spacial score (nSPS) is 25.9. The number of carbonyl (C=O) groups is 1. The van der Waals surface area contributed by atoms with Crippen LogP contribution in [-0.4, -0.2) is 35.1 Å². The SMILES string of the molecule is CCC1CCCC(N(CC)CCC(=O)O)C1. The molecule has 3 nitrogen and oxygen atoms in total. The predicted octanol–water partition coefficient (Wildman–Crippen LogP) is 2.75. The summed E-state index contributed by atoms with van der Waals surface area (Å²) in [6, 6.07) is 0.628. The van der Waals surface area contributed by atoms with Crippen LogP contribution in [0.5, 0.6) is 0 Å². The first-order valence-corrected chi connectivity index (χ1v) is 6.63. The average Bonchev–Trinajstić information content (AvgIpc) is 2.30. The smallest absolute Gasteiger partial charge is 0.304 e. The van der Waals surface area contributed by atoms with Crippen molar-refractivity contribution in [1.29, 1.82) is 0 Å². The second-order valence-corrected chi connectivity index (χ2v) is 4.87. The molecule has 1 fully saturated rings. The highest BCUT2D eigenvalue weighted by Crippen LogP contribution is 2.29. The second kappa shape index (κ2) is 6.89. The lowest BCUT2D eigenvalue weighted by molar-refractivity contribution is -0.137. The lowest BCUT2D eigenvalue weighted by atomic mass is 9.83. The van der Waals surface area contributed by atoms with E-state index >= 15 is 0 Å². The molecular formula is C13H25NO2. The molecule has 0 aromatic carbocycles. The molecule has 1 rings (SSSR count). The molecule has 0 amide bonds. The van der Waals surface area contributed by atoms with Crippen molar-refractivity contribution in [2.24, 2.45) is 5.92 Å². The fourth-order valence-electron chi connectivity index (χ4n) is 2.80. The number of carboxylic acids is 1. The molecule has 0 spiro atoms. The summed E-state index contributed by atoms with van der Waals surface area (Å²) in [6.07, 6.45) is 6.75. The van der Waals surface area contributed by atoms with Gasteiger partial charge < -0.3 is 10.0 Å². The fraction of sp³-hybridized carbons (Fsp3) is 0.923. The van der Waals surface area contributed by atoms with E-state index in [1.165, 1.54) is 32.1 Å². The summed E-state index contributed by atoms with van der Waals surface area (Å²) >= 11 is 0. The molecule has 2 atom stereocenters. The van der Waals surface area contributed by atoms with Crippen molar-refractivity contribution in [1.82, 2.24) is 4.90 Å². The number of aliphatic carboxylic acids is 1. The highest BCUT2D eigenvalue weighted by atomic mass is 16.4. The maximum Gasteiger partial charge on any atom is 0.304 e. The molecule has 1 N–H and O–H groups in total. The molecule has 3 heteroatoms. The van der Waals surface area contributed by atoms with Gasteiger partial charge in [0.05, 0.1) is 6.42 Å². The third-order valence-electron chi connectivity index (χ3n) is 3.87. The molecule has 2 unspecified atom stereocenters. The summed E-state index contributed by atoms with van der Waals surface area (Å²) in [5, 5.41) is 8.73. The third-order valence-corrected chi connectivity index (χ3v) is 3.87. The molecule has 0 aliphatic heterocycles. The Hall–Kier alpha value is -0.570. The number of hydrogen-bond donors (Lipinski definition) is 1. The number of nitrogens with zero attached hydrogens (tertiary/aromatic N) is 1. The van der Waals surface area contributed by atoms with Gasteiger partial charge >= 0.3 is 5.97 Å². The Labute approximate surface area is 98.8 Å². The van der Waals surface area contributed by atoms with Crippen molar-refractivity contribution in [3.63, 3.8) is 0 Å². The molecular weight excluding hydrogens is 202 g/mol. The van der Waals surface area contributed by atoms with Crippen LogP contribution in [-0.2, 0) is 4.79 Å². The Kier molecular flexibility index (Phi) is 5.81. The van der Waals surface area contributed by atoms with Gasteiger partial charge in [0.2, 0.25) is 0 Å². The quantitative estimate of drug-likeness (QED) is 0.758. The van der Waals surface area contributed by atoms with Crippen LogP contribution < -0.4 is 0 Å². The van der Waals surface area contributed by atoms with Gasteiger partial charge in [0, 0.05) is 12.6 Å². The van der Waals surface area contributed by atoms with Crippen LogP contribution in [0.2, 0.25) is 0 Å². The van der Waals surface area contributed by atoms with Gasteiger partial charge in [-0.2, -0.15) is 0 Å². The zero-order valence-corrected chi connectivity index (χ0v) is 10.6. The zero-order chi connectivity index (χ0) is 12.0. The minimum atomic E-state index is -0.679. The van der Waals surface area contributed by atoms with Gasteiger partial charge in [-0.1, -0.05) is 33.1 Å². The Balaban J connectivity index is 2.41. The molecule has 94 valence electrons. The topological polar surface area (TPSA) is 40.5 Å². The van der Waals surface area contributed by atoms with Crippen LogP contribution in [0.1, 0.15) is 52.4 Å². The Morgan fingerprint density at radius 1 is 1.38 bits per heavy atom. The van der Waals surface area contributed by atoms with Crippen LogP contribution in [0.15, 0.2) is 0 Å².